The summed E-state index contributed by atoms with van der Waals surface area (Å²) < 4.78 is 0. The monoisotopic (exact) mass is 245 g/mol. The maximum absolute atomic E-state index is 3.48. The fourth-order valence-electron chi connectivity index (χ4n) is 2.84. The van der Waals surface area contributed by atoms with E-state index in [4.69, 9.17) is 0 Å². The van der Waals surface area contributed by atoms with Crippen LogP contribution < -0.4 is 5.32 Å². The number of benzene rings is 1. The van der Waals surface area contributed by atoms with Crippen LogP contribution in [0.25, 0.3) is 0 Å². The second kappa shape index (κ2) is 6.38. The van der Waals surface area contributed by atoms with Crippen LogP contribution in [-0.4, -0.2) is 7.05 Å². The molecule has 1 N–H and O–H groups in total. The molecular formula is C17H27N. The van der Waals surface area contributed by atoms with E-state index in [-0.39, 0.29) is 0 Å². The van der Waals surface area contributed by atoms with Crippen molar-refractivity contribution in [3.63, 3.8) is 0 Å². The van der Waals surface area contributed by atoms with Crippen molar-refractivity contribution in [2.24, 2.45) is 11.8 Å². The van der Waals surface area contributed by atoms with Gasteiger partial charge in [0.05, 0.1) is 0 Å². The van der Waals surface area contributed by atoms with E-state index in [2.05, 4.69) is 50.5 Å². The third kappa shape index (κ3) is 3.58. The average molecular weight is 245 g/mol. The maximum Gasteiger partial charge on any atom is 0.0320 e. The molecule has 2 rings (SSSR count). The highest BCUT2D eigenvalue weighted by Gasteiger charge is 2.22. The van der Waals surface area contributed by atoms with Crippen LogP contribution in [0.5, 0.6) is 0 Å². The molecule has 0 aromatic heterocycles. The van der Waals surface area contributed by atoms with Crippen molar-refractivity contribution in [1.29, 1.82) is 0 Å². The highest BCUT2D eigenvalue weighted by molar-refractivity contribution is 5.25. The molecule has 1 aliphatic carbocycles. The van der Waals surface area contributed by atoms with Gasteiger partial charge >= 0.3 is 0 Å². The van der Waals surface area contributed by atoms with Gasteiger partial charge in [0.15, 0.2) is 0 Å². The molecule has 0 radical (unpaired) electrons. The van der Waals surface area contributed by atoms with Crippen molar-refractivity contribution in [3.8, 4) is 0 Å². The molecule has 1 fully saturated rings. The lowest BCUT2D eigenvalue weighted by Gasteiger charge is -2.29. The number of hydrogen-bond donors (Lipinski definition) is 1. The summed E-state index contributed by atoms with van der Waals surface area (Å²) >= 11 is 0. The molecule has 18 heavy (non-hydrogen) atoms. The molecule has 0 spiro atoms. The second-order valence-electron chi connectivity index (χ2n) is 6.21. The predicted octanol–water partition coefficient (Wildman–Crippen LogP) is 4.34. The summed E-state index contributed by atoms with van der Waals surface area (Å²) in [5.41, 5.74) is 2.92. The molecule has 1 aromatic carbocycles. The quantitative estimate of drug-likeness (QED) is 0.786. The van der Waals surface area contributed by atoms with Gasteiger partial charge in [-0.15, -0.1) is 0 Å². The molecule has 1 atom stereocenters. The summed E-state index contributed by atoms with van der Waals surface area (Å²) in [7, 11) is 2.09. The van der Waals surface area contributed by atoms with Gasteiger partial charge < -0.3 is 5.32 Å². The molecule has 0 heterocycles. The predicted molar refractivity (Wildman–Crippen MR) is 78.7 cm³/mol. The Morgan fingerprint density at radius 2 is 1.83 bits per heavy atom. The fraction of sp³-hybridized carbons (Fsp3) is 0.647. The zero-order valence-electron chi connectivity index (χ0n) is 12.1. The first kappa shape index (κ1) is 13.6. The highest BCUT2D eigenvalue weighted by Crippen LogP contribution is 2.34. The Bertz CT molecular complexity index is 348. The lowest BCUT2D eigenvalue weighted by molar-refractivity contribution is 0.265. The molecule has 1 saturated carbocycles. The Balaban J connectivity index is 1.97. The lowest BCUT2D eigenvalue weighted by Crippen LogP contribution is -2.23. The van der Waals surface area contributed by atoms with E-state index in [1.807, 2.05) is 0 Å². The van der Waals surface area contributed by atoms with Crippen molar-refractivity contribution >= 4 is 0 Å². The molecule has 1 nitrogen and oxygen atoms in total. The Hall–Kier alpha value is -0.820. The van der Waals surface area contributed by atoms with Crippen LogP contribution in [0.15, 0.2) is 24.3 Å². The standard InChI is InChI=1S/C17H27N/c1-13(2)11-15-7-9-16(10-8-15)17(18-3)12-14-5-4-6-14/h7-10,13-14,17-18H,4-6,11-12H2,1-3H3. The normalized spacial score (nSPS) is 17.8. The first-order valence-electron chi connectivity index (χ1n) is 7.45. The van der Waals surface area contributed by atoms with Crippen molar-refractivity contribution in [1.82, 2.24) is 5.32 Å². The van der Waals surface area contributed by atoms with Crippen LogP contribution in [0.4, 0.5) is 0 Å². The molecule has 100 valence electrons. The minimum absolute atomic E-state index is 0.545. The van der Waals surface area contributed by atoms with E-state index in [0.29, 0.717) is 6.04 Å². The summed E-state index contributed by atoms with van der Waals surface area (Å²) in [5.74, 6) is 1.70. The Morgan fingerprint density at radius 3 is 2.28 bits per heavy atom. The van der Waals surface area contributed by atoms with Gasteiger partial charge in [0.1, 0.15) is 0 Å². The number of hydrogen-bond acceptors (Lipinski definition) is 1. The Morgan fingerprint density at radius 1 is 1.17 bits per heavy atom. The number of nitrogens with one attached hydrogen (secondary N) is 1. The van der Waals surface area contributed by atoms with Crippen LogP contribution in [0.3, 0.4) is 0 Å². The van der Waals surface area contributed by atoms with Crippen molar-refractivity contribution < 1.29 is 0 Å². The minimum Gasteiger partial charge on any atom is -0.313 e. The number of rotatable bonds is 6. The topological polar surface area (TPSA) is 12.0 Å². The molecular weight excluding hydrogens is 218 g/mol. The van der Waals surface area contributed by atoms with Crippen molar-refractivity contribution in [2.45, 2.75) is 52.0 Å². The summed E-state index contributed by atoms with van der Waals surface area (Å²) in [5, 5.41) is 3.48. The van der Waals surface area contributed by atoms with Gasteiger partial charge in [-0.2, -0.15) is 0 Å². The fourth-order valence-corrected chi connectivity index (χ4v) is 2.84. The summed E-state index contributed by atoms with van der Waals surface area (Å²) in [4.78, 5) is 0. The average Bonchev–Trinajstić information content (AvgIpc) is 2.29. The largest absolute Gasteiger partial charge is 0.313 e. The Labute approximate surface area is 112 Å². The van der Waals surface area contributed by atoms with E-state index in [0.717, 1.165) is 11.8 Å². The van der Waals surface area contributed by atoms with Gasteiger partial charge in [0, 0.05) is 6.04 Å². The van der Waals surface area contributed by atoms with Crippen LogP contribution in [0.1, 0.15) is 56.7 Å². The van der Waals surface area contributed by atoms with E-state index < -0.39 is 0 Å². The molecule has 0 aliphatic heterocycles. The summed E-state index contributed by atoms with van der Waals surface area (Å²) in [6, 6.07) is 9.79. The molecule has 1 unspecified atom stereocenters. The molecule has 0 saturated heterocycles. The molecule has 1 aromatic rings. The second-order valence-corrected chi connectivity index (χ2v) is 6.21. The minimum atomic E-state index is 0.545. The molecule has 1 aliphatic rings. The van der Waals surface area contributed by atoms with E-state index in [1.165, 1.54) is 43.2 Å². The summed E-state index contributed by atoms with van der Waals surface area (Å²) in [6.45, 7) is 4.56. The van der Waals surface area contributed by atoms with Crippen molar-refractivity contribution in [3.05, 3.63) is 35.4 Å². The van der Waals surface area contributed by atoms with Gasteiger partial charge in [-0.05, 0) is 42.9 Å². The highest BCUT2D eigenvalue weighted by atomic mass is 14.9. The molecule has 0 bridgehead atoms. The van der Waals surface area contributed by atoms with Gasteiger partial charge in [-0.1, -0.05) is 57.4 Å². The first-order valence-corrected chi connectivity index (χ1v) is 7.45. The maximum atomic E-state index is 3.48. The van der Waals surface area contributed by atoms with Crippen LogP contribution in [0.2, 0.25) is 0 Å². The third-order valence-corrected chi connectivity index (χ3v) is 4.17. The zero-order chi connectivity index (χ0) is 13.0. The van der Waals surface area contributed by atoms with Gasteiger partial charge in [0.25, 0.3) is 0 Å². The van der Waals surface area contributed by atoms with Crippen LogP contribution in [0, 0.1) is 11.8 Å². The molecule has 0 amide bonds. The first-order chi connectivity index (χ1) is 8.69. The zero-order valence-corrected chi connectivity index (χ0v) is 12.1. The third-order valence-electron chi connectivity index (χ3n) is 4.17. The van der Waals surface area contributed by atoms with E-state index in [9.17, 15) is 0 Å². The van der Waals surface area contributed by atoms with Gasteiger partial charge in [0.2, 0.25) is 0 Å². The van der Waals surface area contributed by atoms with Crippen LogP contribution >= 0.6 is 0 Å². The van der Waals surface area contributed by atoms with Crippen LogP contribution in [-0.2, 0) is 6.42 Å². The van der Waals surface area contributed by atoms with Gasteiger partial charge in [-0.3, -0.25) is 0 Å². The summed E-state index contributed by atoms with van der Waals surface area (Å²) in [6.07, 6.45) is 6.80. The van der Waals surface area contributed by atoms with Crippen molar-refractivity contribution in [2.75, 3.05) is 7.05 Å². The van der Waals surface area contributed by atoms with Gasteiger partial charge in [-0.25, -0.2) is 0 Å². The lowest BCUT2D eigenvalue weighted by atomic mass is 9.79. The SMILES string of the molecule is CNC(CC1CCC1)c1ccc(CC(C)C)cc1. The molecule has 1 heteroatoms. The van der Waals surface area contributed by atoms with E-state index >= 15 is 0 Å². The smallest absolute Gasteiger partial charge is 0.0320 e. The Kier molecular flexibility index (Phi) is 4.82. The van der Waals surface area contributed by atoms with E-state index in [1.54, 1.807) is 0 Å².